The first kappa shape index (κ1) is 11.5. The Kier molecular flexibility index (Phi) is 3.21. The second kappa shape index (κ2) is 4.47. The minimum absolute atomic E-state index is 0.276. The highest BCUT2D eigenvalue weighted by Gasteiger charge is 2.26. The van der Waals surface area contributed by atoms with E-state index in [-0.39, 0.29) is 6.10 Å². The van der Waals surface area contributed by atoms with Gasteiger partial charge in [-0.05, 0) is 19.4 Å². The molecular formula is C11H16ClN3O. The highest BCUT2D eigenvalue weighted by atomic mass is 35.5. The van der Waals surface area contributed by atoms with Gasteiger partial charge in [0.25, 0.3) is 0 Å². The molecule has 4 nitrogen and oxygen atoms in total. The number of nitrogens with zero attached hydrogens (tertiary/aromatic N) is 2. The first-order valence-electron chi connectivity index (χ1n) is 5.42. The fraction of sp³-hybridized carbons (Fsp3) is 0.545. The summed E-state index contributed by atoms with van der Waals surface area (Å²) in [4.78, 5) is 6.35. The standard InChI is InChI=1S/C11H16ClN3O/c1-7(16)8-2-3-15(6-8)11-5-9(13)4-10(12)14-11/h4-5,7-8,16H,2-3,6H2,1H3,(H2,13,14). The topological polar surface area (TPSA) is 62.4 Å². The number of hydrogen-bond acceptors (Lipinski definition) is 4. The number of aromatic nitrogens is 1. The average molecular weight is 242 g/mol. The molecule has 0 aliphatic carbocycles. The summed E-state index contributed by atoms with van der Waals surface area (Å²) in [5.74, 6) is 1.11. The van der Waals surface area contributed by atoms with Crippen LogP contribution < -0.4 is 10.6 Å². The fourth-order valence-corrected chi connectivity index (χ4v) is 2.27. The summed E-state index contributed by atoms with van der Waals surface area (Å²) in [6, 6.07) is 3.45. The van der Waals surface area contributed by atoms with Gasteiger partial charge in [-0.15, -0.1) is 0 Å². The molecule has 0 radical (unpaired) electrons. The third-order valence-corrected chi connectivity index (χ3v) is 3.23. The Morgan fingerprint density at radius 1 is 1.62 bits per heavy atom. The van der Waals surface area contributed by atoms with Crippen LogP contribution in [0.15, 0.2) is 12.1 Å². The lowest BCUT2D eigenvalue weighted by Gasteiger charge is -2.19. The SMILES string of the molecule is CC(O)C1CCN(c2cc(N)cc(Cl)n2)C1. The van der Waals surface area contributed by atoms with Crippen LogP contribution in [0.1, 0.15) is 13.3 Å². The van der Waals surface area contributed by atoms with Crippen LogP contribution >= 0.6 is 11.6 Å². The number of nitrogens with two attached hydrogens (primary N) is 1. The summed E-state index contributed by atoms with van der Waals surface area (Å²) in [6.07, 6.45) is 0.702. The highest BCUT2D eigenvalue weighted by molar-refractivity contribution is 6.29. The van der Waals surface area contributed by atoms with Gasteiger partial charge in [0, 0.05) is 30.8 Å². The molecule has 2 unspecified atom stereocenters. The van der Waals surface area contributed by atoms with Crippen LogP contribution in [-0.2, 0) is 0 Å². The van der Waals surface area contributed by atoms with Crippen LogP contribution in [0.4, 0.5) is 11.5 Å². The van der Waals surface area contributed by atoms with E-state index < -0.39 is 0 Å². The van der Waals surface area contributed by atoms with Crippen molar-refractivity contribution in [2.24, 2.45) is 5.92 Å². The lowest BCUT2D eigenvalue weighted by atomic mass is 10.0. The molecule has 0 spiro atoms. The predicted molar refractivity (Wildman–Crippen MR) is 65.7 cm³/mol. The van der Waals surface area contributed by atoms with Gasteiger partial charge in [-0.2, -0.15) is 0 Å². The maximum Gasteiger partial charge on any atom is 0.133 e. The molecule has 1 saturated heterocycles. The summed E-state index contributed by atoms with van der Waals surface area (Å²) >= 11 is 5.86. The normalized spacial score (nSPS) is 22.4. The molecule has 16 heavy (non-hydrogen) atoms. The van der Waals surface area contributed by atoms with Crippen LogP contribution in [0.3, 0.4) is 0 Å². The monoisotopic (exact) mass is 241 g/mol. The molecule has 1 fully saturated rings. The molecule has 5 heteroatoms. The van der Waals surface area contributed by atoms with Crippen LogP contribution in [0.25, 0.3) is 0 Å². The van der Waals surface area contributed by atoms with E-state index in [1.807, 2.05) is 13.0 Å². The molecule has 0 bridgehead atoms. The number of aliphatic hydroxyl groups is 1. The Balaban J connectivity index is 2.14. The van der Waals surface area contributed by atoms with Crippen molar-refractivity contribution < 1.29 is 5.11 Å². The number of aliphatic hydroxyl groups excluding tert-OH is 1. The van der Waals surface area contributed by atoms with Gasteiger partial charge in [0.2, 0.25) is 0 Å². The molecule has 3 N–H and O–H groups in total. The molecule has 2 heterocycles. The van der Waals surface area contributed by atoms with Gasteiger partial charge in [-0.25, -0.2) is 4.98 Å². The van der Waals surface area contributed by atoms with Crippen molar-refractivity contribution in [3.8, 4) is 0 Å². The summed E-state index contributed by atoms with van der Waals surface area (Å²) in [5, 5.41) is 9.94. The Morgan fingerprint density at radius 3 is 2.94 bits per heavy atom. The maximum atomic E-state index is 9.53. The molecule has 88 valence electrons. The van der Waals surface area contributed by atoms with Gasteiger partial charge < -0.3 is 15.7 Å². The van der Waals surface area contributed by atoms with Gasteiger partial charge in [0.15, 0.2) is 0 Å². The molecule has 1 aliphatic rings. The molecule has 0 amide bonds. The molecule has 0 saturated carbocycles. The molecular weight excluding hydrogens is 226 g/mol. The predicted octanol–water partition coefficient (Wildman–Crippen LogP) is 1.52. The van der Waals surface area contributed by atoms with E-state index >= 15 is 0 Å². The summed E-state index contributed by atoms with van der Waals surface area (Å²) in [6.45, 7) is 3.53. The molecule has 2 atom stereocenters. The number of halogens is 1. The van der Waals surface area contributed by atoms with Crippen molar-refractivity contribution in [1.29, 1.82) is 0 Å². The van der Waals surface area contributed by atoms with E-state index in [1.165, 1.54) is 0 Å². The highest BCUT2D eigenvalue weighted by Crippen LogP contribution is 2.26. The zero-order valence-electron chi connectivity index (χ0n) is 9.23. The minimum Gasteiger partial charge on any atom is -0.399 e. The van der Waals surface area contributed by atoms with Crippen LogP contribution in [0, 0.1) is 5.92 Å². The van der Waals surface area contributed by atoms with E-state index in [1.54, 1.807) is 6.07 Å². The zero-order chi connectivity index (χ0) is 11.7. The third kappa shape index (κ3) is 2.39. The van der Waals surface area contributed by atoms with Crippen molar-refractivity contribution in [1.82, 2.24) is 4.98 Å². The van der Waals surface area contributed by atoms with Gasteiger partial charge in [0.1, 0.15) is 11.0 Å². The first-order chi connectivity index (χ1) is 7.56. The Labute approximate surface area is 100 Å². The van der Waals surface area contributed by atoms with Crippen LogP contribution in [0.5, 0.6) is 0 Å². The number of rotatable bonds is 2. The molecule has 1 aromatic heterocycles. The molecule has 1 aliphatic heterocycles. The first-order valence-corrected chi connectivity index (χ1v) is 5.80. The number of anilines is 2. The molecule has 0 aromatic carbocycles. The Hall–Kier alpha value is -1.00. The number of nitrogen functional groups attached to an aromatic ring is 1. The smallest absolute Gasteiger partial charge is 0.133 e. The minimum atomic E-state index is -0.276. The van der Waals surface area contributed by atoms with Crippen molar-refractivity contribution in [2.45, 2.75) is 19.4 Å². The van der Waals surface area contributed by atoms with Gasteiger partial charge in [-0.3, -0.25) is 0 Å². The summed E-state index contributed by atoms with van der Waals surface area (Å²) < 4.78 is 0. The van der Waals surface area contributed by atoms with Gasteiger partial charge in [-0.1, -0.05) is 11.6 Å². The van der Waals surface area contributed by atoms with E-state index in [4.69, 9.17) is 17.3 Å². The lowest BCUT2D eigenvalue weighted by Crippen LogP contribution is -2.24. The third-order valence-electron chi connectivity index (χ3n) is 3.03. The van der Waals surface area contributed by atoms with Crippen molar-refractivity contribution >= 4 is 23.1 Å². The van der Waals surface area contributed by atoms with E-state index in [2.05, 4.69) is 9.88 Å². The molecule has 1 aromatic rings. The summed E-state index contributed by atoms with van der Waals surface area (Å²) in [7, 11) is 0. The lowest BCUT2D eigenvalue weighted by molar-refractivity contribution is 0.136. The van der Waals surface area contributed by atoms with Crippen molar-refractivity contribution in [3.63, 3.8) is 0 Å². The maximum absolute atomic E-state index is 9.53. The second-order valence-corrected chi connectivity index (χ2v) is 4.70. The largest absolute Gasteiger partial charge is 0.399 e. The zero-order valence-corrected chi connectivity index (χ0v) is 9.98. The average Bonchev–Trinajstić information content (AvgIpc) is 2.64. The van der Waals surface area contributed by atoms with E-state index in [0.29, 0.717) is 16.8 Å². The second-order valence-electron chi connectivity index (χ2n) is 4.32. The fourth-order valence-electron chi connectivity index (χ4n) is 2.05. The number of hydrogen-bond donors (Lipinski definition) is 2. The van der Waals surface area contributed by atoms with Crippen molar-refractivity contribution in [2.75, 3.05) is 23.7 Å². The van der Waals surface area contributed by atoms with Crippen molar-refractivity contribution in [3.05, 3.63) is 17.3 Å². The Morgan fingerprint density at radius 2 is 2.38 bits per heavy atom. The van der Waals surface area contributed by atoms with Gasteiger partial charge in [0.05, 0.1) is 6.10 Å². The van der Waals surface area contributed by atoms with Crippen LogP contribution in [0.2, 0.25) is 5.15 Å². The van der Waals surface area contributed by atoms with Gasteiger partial charge >= 0.3 is 0 Å². The van der Waals surface area contributed by atoms with Crippen LogP contribution in [-0.4, -0.2) is 29.3 Å². The van der Waals surface area contributed by atoms with E-state index in [9.17, 15) is 5.11 Å². The number of pyridine rings is 1. The quantitative estimate of drug-likeness (QED) is 0.771. The van der Waals surface area contributed by atoms with E-state index in [0.717, 1.165) is 25.3 Å². The molecule has 2 rings (SSSR count). The Bertz CT molecular complexity index is 363. The summed E-state index contributed by atoms with van der Waals surface area (Å²) in [5.41, 5.74) is 6.34.